The number of hydrogen-bond donors (Lipinski definition) is 0. The van der Waals surface area contributed by atoms with Gasteiger partial charge in [-0.1, -0.05) is 12.1 Å². The van der Waals surface area contributed by atoms with E-state index in [1.807, 2.05) is 41.6 Å². The number of H-pyrrole nitrogens is 1. The van der Waals surface area contributed by atoms with E-state index < -0.39 is 0 Å². The fourth-order valence-corrected chi connectivity index (χ4v) is 2.90. The highest BCUT2D eigenvalue weighted by molar-refractivity contribution is 5.94. The average molecular weight is 312 g/mol. The van der Waals surface area contributed by atoms with Gasteiger partial charge in [-0.2, -0.15) is 0 Å². The lowest BCUT2D eigenvalue weighted by molar-refractivity contribution is -0.377. The van der Waals surface area contributed by atoms with E-state index in [0.717, 1.165) is 37.3 Å². The first-order valence-electron chi connectivity index (χ1n) is 7.86. The van der Waals surface area contributed by atoms with Crippen molar-refractivity contribution in [3.05, 3.63) is 59.9 Å². The van der Waals surface area contributed by atoms with E-state index >= 15 is 0 Å². The quantitative estimate of drug-likeness (QED) is 0.862. The molecule has 1 N–H and O–H groups in total. The topological polar surface area (TPSA) is 46.9 Å². The van der Waals surface area contributed by atoms with Gasteiger partial charge in [0.2, 0.25) is 0 Å². The van der Waals surface area contributed by atoms with Crippen molar-refractivity contribution in [3.63, 3.8) is 0 Å². The van der Waals surface area contributed by atoms with Crippen molar-refractivity contribution in [1.29, 1.82) is 0 Å². The molecule has 1 fully saturated rings. The predicted molar refractivity (Wildman–Crippen MR) is 88.3 cm³/mol. The van der Waals surface area contributed by atoms with Crippen LogP contribution in [-0.4, -0.2) is 44.1 Å². The molecule has 0 aliphatic carbocycles. The number of anilines is 1. The molecule has 1 aliphatic heterocycles. The second-order valence-electron chi connectivity index (χ2n) is 5.67. The first-order chi connectivity index (χ1) is 11.3. The lowest BCUT2D eigenvalue weighted by atomic mass is 10.1. The van der Waals surface area contributed by atoms with Crippen LogP contribution in [0.1, 0.15) is 15.9 Å². The predicted octanol–water partition coefficient (Wildman–Crippen LogP) is 1.61. The molecule has 3 rings (SSSR count). The molecule has 0 saturated carbocycles. The van der Waals surface area contributed by atoms with E-state index in [2.05, 4.69) is 22.0 Å². The summed E-state index contributed by atoms with van der Waals surface area (Å²) in [6.07, 6.45) is 3.85. The van der Waals surface area contributed by atoms with E-state index in [-0.39, 0.29) is 5.91 Å². The fraction of sp³-hybridized carbons (Fsp3) is 0.333. The van der Waals surface area contributed by atoms with Crippen LogP contribution in [-0.2, 0) is 11.3 Å². The van der Waals surface area contributed by atoms with Crippen LogP contribution in [0.5, 0.6) is 0 Å². The largest absolute Gasteiger partial charge is 0.380 e. The number of methoxy groups -OCH3 is 1. The number of pyridine rings is 1. The zero-order valence-corrected chi connectivity index (χ0v) is 13.4. The number of aromatic amines is 1. The van der Waals surface area contributed by atoms with Gasteiger partial charge in [-0.3, -0.25) is 4.79 Å². The molecule has 2 heterocycles. The summed E-state index contributed by atoms with van der Waals surface area (Å²) in [5.74, 6) is 0.101. The second kappa shape index (κ2) is 7.24. The second-order valence-corrected chi connectivity index (χ2v) is 5.67. The minimum absolute atomic E-state index is 0.101. The average Bonchev–Trinajstić information content (AvgIpc) is 2.62. The summed E-state index contributed by atoms with van der Waals surface area (Å²) in [5, 5.41) is 0. The number of benzene rings is 1. The Labute approximate surface area is 136 Å². The molecule has 23 heavy (non-hydrogen) atoms. The zero-order chi connectivity index (χ0) is 16.1. The van der Waals surface area contributed by atoms with Gasteiger partial charge in [0.05, 0.1) is 6.61 Å². The van der Waals surface area contributed by atoms with Gasteiger partial charge in [-0.05, 0) is 17.7 Å². The van der Waals surface area contributed by atoms with Crippen LogP contribution in [0.4, 0.5) is 5.69 Å². The zero-order valence-electron chi connectivity index (χ0n) is 13.4. The minimum Gasteiger partial charge on any atom is -0.380 e. The molecule has 120 valence electrons. The Hall–Kier alpha value is -2.40. The van der Waals surface area contributed by atoms with E-state index in [1.54, 1.807) is 7.11 Å². The maximum atomic E-state index is 12.7. The van der Waals surface area contributed by atoms with Gasteiger partial charge in [0, 0.05) is 56.7 Å². The first-order valence-corrected chi connectivity index (χ1v) is 7.86. The molecule has 0 bridgehead atoms. The smallest absolute Gasteiger partial charge is 0.253 e. The molecule has 1 aliphatic rings. The van der Waals surface area contributed by atoms with Gasteiger partial charge in [-0.25, -0.2) is 4.98 Å². The molecule has 1 aromatic carbocycles. The van der Waals surface area contributed by atoms with Crippen molar-refractivity contribution in [2.75, 3.05) is 38.2 Å². The van der Waals surface area contributed by atoms with Crippen molar-refractivity contribution in [2.45, 2.75) is 6.61 Å². The molecule has 1 saturated heterocycles. The van der Waals surface area contributed by atoms with Gasteiger partial charge in [-0.15, -0.1) is 0 Å². The third-order valence-electron chi connectivity index (χ3n) is 4.12. The van der Waals surface area contributed by atoms with E-state index in [9.17, 15) is 4.79 Å². The van der Waals surface area contributed by atoms with Crippen LogP contribution in [0.3, 0.4) is 0 Å². The molecular weight excluding hydrogens is 290 g/mol. The Kier molecular flexibility index (Phi) is 4.88. The lowest BCUT2D eigenvalue weighted by Crippen LogP contribution is -2.48. The summed E-state index contributed by atoms with van der Waals surface area (Å²) >= 11 is 0. The Morgan fingerprint density at radius 2 is 1.87 bits per heavy atom. The molecule has 0 spiro atoms. The van der Waals surface area contributed by atoms with Gasteiger partial charge >= 0.3 is 0 Å². The number of nitrogens with one attached hydrogen (secondary N) is 1. The first kappa shape index (κ1) is 15.5. The van der Waals surface area contributed by atoms with Crippen LogP contribution in [0, 0.1) is 0 Å². The van der Waals surface area contributed by atoms with Crippen molar-refractivity contribution < 1.29 is 14.5 Å². The van der Waals surface area contributed by atoms with Crippen molar-refractivity contribution in [3.8, 4) is 0 Å². The third kappa shape index (κ3) is 3.68. The lowest BCUT2D eigenvalue weighted by Gasteiger charge is -2.35. The highest BCUT2D eigenvalue weighted by atomic mass is 16.5. The molecule has 5 heteroatoms. The number of rotatable bonds is 4. The molecule has 1 aromatic heterocycles. The van der Waals surface area contributed by atoms with Crippen LogP contribution in [0.15, 0.2) is 48.8 Å². The Bertz CT molecular complexity index is 652. The summed E-state index contributed by atoms with van der Waals surface area (Å²) in [7, 11) is 1.66. The van der Waals surface area contributed by atoms with Crippen LogP contribution < -0.4 is 9.88 Å². The van der Waals surface area contributed by atoms with Crippen molar-refractivity contribution >= 4 is 11.6 Å². The summed E-state index contributed by atoms with van der Waals surface area (Å²) < 4.78 is 5.14. The SMILES string of the molecule is COCc1cccc(C(=O)N2CCN(c3cc[nH+]cc3)CC2)c1. The van der Waals surface area contributed by atoms with Gasteiger partial charge in [0.25, 0.3) is 5.91 Å². The maximum absolute atomic E-state index is 12.7. The summed E-state index contributed by atoms with van der Waals surface area (Å²) in [5.41, 5.74) is 2.96. The molecule has 1 amide bonds. The number of hydrogen-bond acceptors (Lipinski definition) is 3. The fourth-order valence-electron chi connectivity index (χ4n) is 2.90. The number of nitrogens with zero attached hydrogens (tertiary/aromatic N) is 2. The Morgan fingerprint density at radius 3 is 2.57 bits per heavy atom. The van der Waals surface area contributed by atoms with E-state index in [0.29, 0.717) is 6.61 Å². The Morgan fingerprint density at radius 1 is 1.13 bits per heavy atom. The standard InChI is InChI=1S/C18H21N3O2/c1-23-14-15-3-2-4-16(13-15)18(22)21-11-9-20(10-12-21)17-5-7-19-8-6-17/h2-8,13H,9-12,14H2,1H3/p+1. The van der Waals surface area contributed by atoms with Gasteiger partial charge in [0.15, 0.2) is 12.4 Å². The minimum atomic E-state index is 0.101. The van der Waals surface area contributed by atoms with Gasteiger partial charge < -0.3 is 14.5 Å². The van der Waals surface area contributed by atoms with Gasteiger partial charge in [0.1, 0.15) is 0 Å². The van der Waals surface area contributed by atoms with Crippen molar-refractivity contribution in [1.82, 2.24) is 4.90 Å². The molecule has 0 unspecified atom stereocenters. The number of carbonyl (C=O) groups excluding carboxylic acids is 1. The normalized spacial score (nSPS) is 14.8. The number of carbonyl (C=O) groups is 1. The summed E-state index contributed by atoms with van der Waals surface area (Å²) in [4.78, 5) is 19.9. The molecule has 5 nitrogen and oxygen atoms in total. The van der Waals surface area contributed by atoms with E-state index in [1.165, 1.54) is 5.69 Å². The maximum Gasteiger partial charge on any atom is 0.253 e. The highest BCUT2D eigenvalue weighted by Gasteiger charge is 2.22. The highest BCUT2D eigenvalue weighted by Crippen LogP contribution is 2.16. The molecule has 0 radical (unpaired) electrons. The van der Waals surface area contributed by atoms with Crippen LogP contribution in [0.2, 0.25) is 0 Å². The van der Waals surface area contributed by atoms with Crippen LogP contribution >= 0.6 is 0 Å². The third-order valence-corrected chi connectivity index (χ3v) is 4.12. The number of amides is 1. The van der Waals surface area contributed by atoms with Crippen molar-refractivity contribution in [2.24, 2.45) is 0 Å². The number of aromatic nitrogens is 1. The molecule has 2 aromatic rings. The molecule has 0 atom stereocenters. The number of piperazine rings is 1. The van der Waals surface area contributed by atoms with E-state index in [4.69, 9.17) is 4.74 Å². The Balaban J connectivity index is 1.63. The monoisotopic (exact) mass is 312 g/mol. The molecular formula is C18H22N3O2+. The summed E-state index contributed by atoms with van der Waals surface area (Å²) in [6, 6.07) is 11.8. The number of ether oxygens (including phenoxy) is 1. The van der Waals surface area contributed by atoms with Crippen LogP contribution in [0.25, 0.3) is 0 Å². The summed E-state index contributed by atoms with van der Waals surface area (Å²) in [6.45, 7) is 3.72.